The number of anilines is 1. The van der Waals surface area contributed by atoms with Crippen molar-refractivity contribution in [1.29, 1.82) is 0 Å². The molecule has 1 saturated carbocycles. The summed E-state index contributed by atoms with van der Waals surface area (Å²) in [4.78, 5) is 15.3. The fourth-order valence-electron chi connectivity index (χ4n) is 2.34. The van der Waals surface area contributed by atoms with Crippen LogP contribution in [0.5, 0.6) is 5.75 Å². The van der Waals surface area contributed by atoms with Crippen LogP contribution in [-0.2, 0) is 9.53 Å². The first-order valence-corrected chi connectivity index (χ1v) is 9.20. The van der Waals surface area contributed by atoms with Gasteiger partial charge in [0.2, 0.25) is 5.91 Å². The molecule has 0 bridgehead atoms. The van der Waals surface area contributed by atoms with Gasteiger partial charge < -0.3 is 25.4 Å². The minimum Gasteiger partial charge on any atom is -0.492 e. The Labute approximate surface area is 178 Å². The van der Waals surface area contributed by atoms with Gasteiger partial charge in [-0.2, -0.15) is 0 Å². The van der Waals surface area contributed by atoms with Gasteiger partial charge in [0.05, 0.1) is 6.54 Å². The Morgan fingerprint density at radius 1 is 1.22 bits per heavy atom. The summed E-state index contributed by atoms with van der Waals surface area (Å²) >= 11 is 0. The summed E-state index contributed by atoms with van der Waals surface area (Å²) in [6, 6.07) is 7.34. The van der Waals surface area contributed by atoms with E-state index in [4.69, 9.17) is 9.47 Å². The molecular formula is C19H31IN4O3. The molecule has 1 aromatic rings. The largest absolute Gasteiger partial charge is 0.492 e. The summed E-state index contributed by atoms with van der Waals surface area (Å²) < 4.78 is 11.3. The molecule has 0 saturated heterocycles. The van der Waals surface area contributed by atoms with Crippen molar-refractivity contribution in [2.24, 2.45) is 10.9 Å². The maximum atomic E-state index is 11.1. The third-order valence-electron chi connectivity index (χ3n) is 3.85. The number of nitrogens with one attached hydrogen (secondary N) is 3. The van der Waals surface area contributed by atoms with Crippen LogP contribution in [-0.4, -0.2) is 51.8 Å². The number of nitrogens with zero attached hydrogens (tertiary/aromatic N) is 1. The van der Waals surface area contributed by atoms with E-state index in [1.807, 2.05) is 18.2 Å². The van der Waals surface area contributed by atoms with E-state index in [1.165, 1.54) is 19.8 Å². The number of hydrogen-bond acceptors (Lipinski definition) is 4. The Morgan fingerprint density at radius 3 is 2.70 bits per heavy atom. The van der Waals surface area contributed by atoms with Crippen LogP contribution in [0.25, 0.3) is 0 Å². The average molecular weight is 490 g/mol. The van der Waals surface area contributed by atoms with Crippen molar-refractivity contribution in [1.82, 2.24) is 10.6 Å². The van der Waals surface area contributed by atoms with Gasteiger partial charge in [-0.1, -0.05) is 6.07 Å². The molecule has 0 unspecified atom stereocenters. The predicted molar refractivity (Wildman–Crippen MR) is 119 cm³/mol. The molecule has 8 heteroatoms. The first-order chi connectivity index (χ1) is 12.7. The Morgan fingerprint density at radius 2 is 2.00 bits per heavy atom. The predicted octanol–water partition coefficient (Wildman–Crippen LogP) is 2.62. The number of rotatable bonds is 11. The highest BCUT2D eigenvalue weighted by Crippen LogP contribution is 2.28. The minimum absolute atomic E-state index is 0. The molecule has 0 spiro atoms. The second kappa shape index (κ2) is 13.6. The number of guanidine groups is 1. The summed E-state index contributed by atoms with van der Waals surface area (Å²) in [5.41, 5.74) is 0.726. The van der Waals surface area contributed by atoms with E-state index in [-0.39, 0.29) is 29.9 Å². The summed E-state index contributed by atoms with van der Waals surface area (Å²) in [6.07, 6.45) is 3.61. The van der Waals surface area contributed by atoms with E-state index in [9.17, 15) is 4.79 Å². The van der Waals surface area contributed by atoms with Gasteiger partial charge in [-0.3, -0.25) is 9.79 Å². The van der Waals surface area contributed by atoms with Crippen LogP contribution in [0, 0.1) is 5.92 Å². The van der Waals surface area contributed by atoms with Crippen molar-refractivity contribution in [3.05, 3.63) is 24.3 Å². The van der Waals surface area contributed by atoms with Gasteiger partial charge in [-0.15, -0.1) is 24.0 Å². The number of carbonyl (C=O) groups is 1. The summed E-state index contributed by atoms with van der Waals surface area (Å²) in [7, 11) is 1.75. The molecule has 0 radical (unpaired) electrons. The third kappa shape index (κ3) is 11.0. The van der Waals surface area contributed by atoms with Crippen molar-refractivity contribution in [2.45, 2.75) is 26.2 Å². The second-order valence-electron chi connectivity index (χ2n) is 6.36. The average Bonchev–Trinajstić information content (AvgIpc) is 3.44. The highest BCUT2D eigenvalue weighted by atomic mass is 127. The number of halogens is 1. The van der Waals surface area contributed by atoms with Gasteiger partial charge >= 0.3 is 0 Å². The number of ether oxygens (including phenoxy) is 2. The number of amides is 1. The molecule has 152 valence electrons. The maximum Gasteiger partial charge on any atom is 0.221 e. The monoisotopic (exact) mass is 490 g/mol. The fraction of sp³-hybridized carbons (Fsp3) is 0.579. The van der Waals surface area contributed by atoms with Crippen LogP contribution < -0.4 is 20.7 Å². The molecule has 1 aliphatic rings. The molecule has 1 aromatic carbocycles. The van der Waals surface area contributed by atoms with Crippen LogP contribution in [0.3, 0.4) is 0 Å². The van der Waals surface area contributed by atoms with Gasteiger partial charge in [0.1, 0.15) is 12.4 Å². The van der Waals surface area contributed by atoms with Crippen LogP contribution in [0.2, 0.25) is 0 Å². The molecule has 0 aromatic heterocycles. The third-order valence-corrected chi connectivity index (χ3v) is 3.85. The lowest BCUT2D eigenvalue weighted by atomic mass is 10.3. The first-order valence-electron chi connectivity index (χ1n) is 9.20. The lowest BCUT2D eigenvalue weighted by Gasteiger charge is -2.13. The molecule has 2 rings (SSSR count). The summed E-state index contributed by atoms with van der Waals surface area (Å²) in [5, 5.41) is 9.20. The van der Waals surface area contributed by atoms with Crippen molar-refractivity contribution < 1.29 is 14.3 Å². The van der Waals surface area contributed by atoms with E-state index in [0.717, 1.165) is 43.7 Å². The lowest BCUT2D eigenvalue weighted by molar-refractivity contribution is -0.114. The van der Waals surface area contributed by atoms with E-state index >= 15 is 0 Å². The van der Waals surface area contributed by atoms with Crippen molar-refractivity contribution in [3.63, 3.8) is 0 Å². The van der Waals surface area contributed by atoms with Gasteiger partial charge in [-0.25, -0.2) is 0 Å². The van der Waals surface area contributed by atoms with Crippen LogP contribution in [0.4, 0.5) is 5.69 Å². The highest BCUT2D eigenvalue weighted by molar-refractivity contribution is 14.0. The molecular weight excluding hydrogens is 459 g/mol. The normalized spacial score (nSPS) is 13.5. The lowest BCUT2D eigenvalue weighted by Crippen LogP contribution is -2.39. The van der Waals surface area contributed by atoms with Gasteiger partial charge in [0.15, 0.2) is 5.96 Å². The van der Waals surface area contributed by atoms with Crippen molar-refractivity contribution in [2.75, 3.05) is 45.3 Å². The Hall–Kier alpha value is -1.55. The van der Waals surface area contributed by atoms with Gasteiger partial charge in [0, 0.05) is 45.5 Å². The molecule has 27 heavy (non-hydrogen) atoms. The van der Waals surface area contributed by atoms with Crippen molar-refractivity contribution >= 4 is 41.5 Å². The van der Waals surface area contributed by atoms with Crippen molar-refractivity contribution in [3.8, 4) is 5.75 Å². The zero-order valence-electron chi connectivity index (χ0n) is 16.1. The second-order valence-corrected chi connectivity index (χ2v) is 6.36. The van der Waals surface area contributed by atoms with E-state index < -0.39 is 0 Å². The number of aliphatic imine (C=N–C) groups is 1. The Kier molecular flexibility index (Phi) is 11.8. The first kappa shape index (κ1) is 23.5. The Bertz CT molecular complexity index is 594. The summed E-state index contributed by atoms with van der Waals surface area (Å²) in [5.74, 6) is 2.18. The number of benzene rings is 1. The molecule has 3 N–H and O–H groups in total. The standard InChI is InChI=1S/C19H30N4O3.HI/c1-15(24)23-17-5-3-6-18(13-17)26-12-10-22-19(20-2)21-9-4-11-25-14-16-7-8-16;/h3,5-6,13,16H,4,7-12,14H2,1-2H3,(H,23,24)(H2,20,21,22);1H. The van der Waals surface area contributed by atoms with E-state index in [1.54, 1.807) is 13.1 Å². The van der Waals surface area contributed by atoms with Crippen LogP contribution in [0.15, 0.2) is 29.3 Å². The number of hydrogen-bond donors (Lipinski definition) is 3. The molecule has 0 atom stereocenters. The smallest absolute Gasteiger partial charge is 0.221 e. The van der Waals surface area contributed by atoms with Crippen LogP contribution >= 0.6 is 24.0 Å². The van der Waals surface area contributed by atoms with E-state index in [2.05, 4.69) is 20.9 Å². The highest BCUT2D eigenvalue weighted by Gasteiger charge is 2.20. The fourth-order valence-corrected chi connectivity index (χ4v) is 2.34. The number of carbonyl (C=O) groups excluding carboxylic acids is 1. The molecule has 0 heterocycles. The van der Waals surface area contributed by atoms with E-state index in [0.29, 0.717) is 18.9 Å². The Balaban J connectivity index is 0.00000364. The molecule has 0 aliphatic heterocycles. The topological polar surface area (TPSA) is 84.0 Å². The zero-order chi connectivity index (χ0) is 18.6. The van der Waals surface area contributed by atoms with Gasteiger partial charge in [0.25, 0.3) is 0 Å². The molecule has 7 nitrogen and oxygen atoms in total. The maximum absolute atomic E-state index is 11.1. The quantitative estimate of drug-likeness (QED) is 0.192. The zero-order valence-corrected chi connectivity index (χ0v) is 18.5. The molecule has 1 aliphatic carbocycles. The SMILES string of the molecule is CN=C(NCCCOCC1CC1)NCCOc1cccc(NC(C)=O)c1.I. The minimum atomic E-state index is -0.100. The molecule has 1 fully saturated rings. The molecule has 1 amide bonds. The summed E-state index contributed by atoms with van der Waals surface area (Å²) in [6.45, 7) is 5.12. The van der Waals surface area contributed by atoms with Crippen LogP contribution in [0.1, 0.15) is 26.2 Å². The van der Waals surface area contributed by atoms with Gasteiger partial charge in [-0.05, 0) is 37.3 Å².